The molecule has 0 aromatic carbocycles. The molecule has 1 aliphatic rings. The summed E-state index contributed by atoms with van der Waals surface area (Å²) in [6.07, 6.45) is -1.57. The van der Waals surface area contributed by atoms with Gasteiger partial charge in [-0.1, -0.05) is 32.6 Å². The molecule has 130 valence electrons. The molecule has 0 saturated heterocycles. The third kappa shape index (κ3) is 6.42. The minimum absolute atomic E-state index is 0.202. The van der Waals surface area contributed by atoms with E-state index < -0.39 is 42.9 Å². The predicted molar refractivity (Wildman–Crippen MR) is 82.3 cm³/mol. The second-order valence-electron chi connectivity index (χ2n) is 6.62. The van der Waals surface area contributed by atoms with Crippen LogP contribution in [0, 0.1) is 5.92 Å². The number of hydroxylamine groups is 2. The normalized spacial score (nSPS) is 26.3. The maximum absolute atomic E-state index is 11.7. The molecule has 0 bridgehead atoms. The van der Waals surface area contributed by atoms with E-state index in [-0.39, 0.29) is 5.92 Å². The first-order chi connectivity index (χ1) is 9.91. The lowest BCUT2D eigenvalue weighted by Crippen LogP contribution is -2.40. The van der Waals surface area contributed by atoms with E-state index in [1.54, 1.807) is 6.92 Å². The molecule has 3 N–H and O–H groups in total. The highest BCUT2D eigenvalue weighted by Crippen LogP contribution is 2.21. The van der Waals surface area contributed by atoms with Gasteiger partial charge in [0.1, 0.15) is 0 Å². The Hall–Kier alpha value is -0.333. The van der Waals surface area contributed by atoms with E-state index in [2.05, 4.69) is 23.9 Å². The van der Waals surface area contributed by atoms with Gasteiger partial charge in [0.05, 0.1) is 0 Å². The van der Waals surface area contributed by atoms with Crippen LogP contribution in [0.1, 0.15) is 6.92 Å². The van der Waals surface area contributed by atoms with Gasteiger partial charge in [0, 0.05) is 14.0 Å². The number of aliphatic hydroxyl groups excluding tert-OH is 3. The number of aliphatic hydroxyl groups is 3. The lowest BCUT2D eigenvalue weighted by molar-refractivity contribution is -0.205. The Bertz CT molecular complexity index is 478. The Morgan fingerprint density at radius 1 is 1.23 bits per heavy atom. The minimum atomic E-state index is -4.21. The zero-order valence-electron chi connectivity index (χ0n) is 13.2. The summed E-state index contributed by atoms with van der Waals surface area (Å²) in [5.41, 5.74) is 0. The largest absolute Gasteiger partial charge is 0.372 e. The van der Waals surface area contributed by atoms with E-state index >= 15 is 0 Å². The smallest absolute Gasteiger partial charge is 0.308 e. The number of ether oxygens (including phenoxy) is 1. The lowest BCUT2D eigenvalue weighted by atomic mass is 10.2. The van der Waals surface area contributed by atoms with Gasteiger partial charge in [-0.2, -0.15) is 12.7 Å². The zero-order chi connectivity index (χ0) is 17.1. The van der Waals surface area contributed by atoms with Crippen molar-refractivity contribution in [2.45, 2.75) is 51.4 Å². The van der Waals surface area contributed by atoms with Crippen molar-refractivity contribution < 1.29 is 32.8 Å². The third-order valence-electron chi connectivity index (χ3n) is 2.98. The van der Waals surface area contributed by atoms with Gasteiger partial charge in [0.25, 0.3) is 0 Å². The molecule has 4 atom stereocenters. The van der Waals surface area contributed by atoms with Crippen LogP contribution >= 0.6 is 0 Å². The molecule has 10 heteroatoms. The van der Waals surface area contributed by atoms with Crippen molar-refractivity contribution in [3.8, 4) is 0 Å². The van der Waals surface area contributed by atoms with Gasteiger partial charge in [0.15, 0.2) is 24.7 Å². The molecule has 1 rings (SSSR count). The maximum Gasteiger partial charge on any atom is 0.308 e. The minimum Gasteiger partial charge on any atom is -0.372 e. The van der Waals surface area contributed by atoms with Crippen LogP contribution in [0.15, 0.2) is 12.2 Å². The topological polar surface area (TPSA) is 117 Å². The first-order valence-electron chi connectivity index (χ1n) is 6.96. The van der Waals surface area contributed by atoms with E-state index in [9.17, 15) is 23.7 Å². The average molecular weight is 355 g/mol. The summed E-state index contributed by atoms with van der Waals surface area (Å²) in [5, 5.41) is 29.2. The monoisotopic (exact) mass is 355 g/mol. The summed E-state index contributed by atoms with van der Waals surface area (Å²) in [6.45, 7) is 8.20. The van der Waals surface area contributed by atoms with Crippen molar-refractivity contribution in [3.63, 3.8) is 0 Å². The van der Waals surface area contributed by atoms with E-state index in [1.165, 1.54) is 12.2 Å². The van der Waals surface area contributed by atoms with Crippen LogP contribution in [0.3, 0.4) is 0 Å². The Morgan fingerprint density at radius 3 is 2.18 bits per heavy atom. The highest BCUT2D eigenvalue weighted by molar-refractivity contribution is 7.86. The van der Waals surface area contributed by atoms with Gasteiger partial charge in [0.2, 0.25) is 0 Å². The summed E-state index contributed by atoms with van der Waals surface area (Å²) in [5.74, 6) is -1.08. The van der Waals surface area contributed by atoms with Gasteiger partial charge < -0.3 is 20.1 Å². The fourth-order valence-corrected chi connectivity index (χ4v) is 5.07. The first-order valence-corrected chi connectivity index (χ1v) is 12.2. The van der Waals surface area contributed by atoms with Crippen molar-refractivity contribution in [2.75, 3.05) is 5.94 Å². The molecule has 0 aromatic rings. The van der Waals surface area contributed by atoms with Gasteiger partial charge in [-0.3, -0.25) is 0 Å². The molecule has 8 nitrogen and oxygen atoms in total. The van der Waals surface area contributed by atoms with Crippen LogP contribution in [0.4, 0.5) is 0 Å². The van der Waals surface area contributed by atoms with Crippen LogP contribution in [0.2, 0.25) is 25.7 Å². The van der Waals surface area contributed by atoms with Gasteiger partial charge in [-0.25, -0.2) is 0 Å². The van der Waals surface area contributed by atoms with Gasteiger partial charge in [-0.05, 0) is 12.2 Å². The van der Waals surface area contributed by atoms with Gasteiger partial charge >= 0.3 is 10.1 Å². The van der Waals surface area contributed by atoms with Gasteiger partial charge in [-0.15, -0.1) is 5.06 Å². The Labute approximate surface area is 132 Å². The second-order valence-corrected chi connectivity index (χ2v) is 13.7. The van der Waals surface area contributed by atoms with Crippen LogP contribution < -0.4 is 0 Å². The molecule has 0 amide bonds. The average Bonchev–Trinajstić information content (AvgIpc) is 2.65. The summed E-state index contributed by atoms with van der Waals surface area (Å²) < 4.78 is 33.0. The molecule has 0 saturated carbocycles. The zero-order valence-corrected chi connectivity index (χ0v) is 15.0. The van der Waals surface area contributed by atoms with Crippen molar-refractivity contribution >= 4 is 18.2 Å². The van der Waals surface area contributed by atoms with Crippen molar-refractivity contribution in [1.82, 2.24) is 5.06 Å². The van der Waals surface area contributed by atoms with E-state index in [0.29, 0.717) is 5.06 Å². The molecule has 1 heterocycles. The van der Waals surface area contributed by atoms with Crippen molar-refractivity contribution in [3.05, 3.63) is 12.2 Å². The maximum atomic E-state index is 11.7. The van der Waals surface area contributed by atoms with E-state index in [4.69, 9.17) is 4.74 Å². The van der Waals surface area contributed by atoms with Crippen LogP contribution in [-0.2, 0) is 19.1 Å². The number of nitrogens with zero attached hydrogens (tertiary/aromatic N) is 1. The van der Waals surface area contributed by atoms with E-state index in [1.807, 2.05) is 0 Å². The molecule has 4 unspecified atom stereocenters. The highest BCUT2D eigenvalue weighted by atomic mass is 32.2. The highest BCUT2D eigenvalue weighted by Gasteiger charge is 2.32. The summed E-state index contributed by atoms with van der Waals surface area (Å²) in [6, 6.07) is 0.780. The van der Waals surface area contributed by atoms with E-state index in [0.717, 1.165) is 6.04 Å². The molecular weight excluding hydrogens is 330 g/mol. The molecule has 0 aliphatic carbocycles. The summed E-state index contributed by atoms with van der Waals surface area (Å²) >= 11 is 0. The summed E-state index contributed by atoms with van der Waals surface area (Å²) in [7, 11) is -5.62. The molecule has 0 aromatic heterocycles. The fourth-order valence-electron chi connectivity index (χ4n) is 2.15. The second kappa shape index (κ2) is 7.49. The Morgan fingerprint density at radius 2 is 1.73 bits per heavy atom. The quantitative estimate of drug-likeness (QED) is 0.317. The number of hydrogen-bond donors (Lipinski definition) is 3. The first kappa shape index (κ1) is 19.7. The predicted octanol–water partition coefficient (Wildman–Crippen LogP) is 0.0232. The standard InChI is InChI=1S/C12H25NO7SSi/c1-9(7-22(2,3)4)12(16)19-8-21(17,18)20-13-10(14)5-6-11(13)15/h5-6,9-12,14-16H,7-8H2,1-4H3. The molecule has 1 aliphatic heterocycles. The van der Waals surface area contributed by atoms with Crippen LogP contribution in [0.25, 0.3) is 0 Å². The van der Waals surface area contributed by atoms with Crippen LogP contribution in [0.5, 0.6) is 0 Å². The number of rotatable bonds is 8. The number of hydrogen-bond acceptors (Lipinski definition) is 8. The molecule has 22 heavy (non-hydrogen) atoms. The Kier molecular flexibility index (Phi) is 6.71. The van der Waals surface area contributed by atoms with Crippen molar-refractivity contribution in [2.24, 2.45) is 5.92 Å². The lowest BCUT2D eigenvalue weighted by Gasteiger charge is -2.26. The molecular formula is C12H25NO7SSi. The third-order valence-corrected chi connectivity index (χ3v) is 5.67. The summed E-state index contributed by atoms with van der Waals surface area (Å²) in [4.78, 5) is 0. The molecule has 0 spiro atoms. The van der Waals surface area contributed by atoms with Crippen molar-refractivity contribution in [1.29, 1.82) is 0 Å². The fraction of sp³-hybridized carbons (Fsp3) is 0.833. The Balaban J connectivity index is 2.48. The molecule has 0 radical (unpaired) electrons. The SMILES string of the molecule is CC(C[Si](C)(C)C)C(O)OCS(=O)(=O)ON1C(O)C=CC1O. The molecule has 0 fully saturated rings. The van der Waals surface area contributed by atoms with Crippen LogP contribution in [-0.4, -0.2) is 61.6 Å².